The summed E-state index contributed by atoms with van der Waals surface area (Å²) in [6.07, 6.45) is 1.26. The molecule has 0 atom stereocenters. The van der Waals surface area contributed by atoms with Crippen LogP contribution in [0.2, 0.25) is 0 Å². The lowest BCUT2D eigenvalue weighted by atomic mass is 9.87. The molecule has 2 aliphatic rings. The van der Waals surface area contributed by atoms with E-state index in [4.69, 9.17) is 0 Å². The van der Waals surface area contributed by atoms with Crippen LogP contribution in [0.4, 0.5) is 17.6 Å². The van der Waals surface area contributed by atoms with Crippen molar-refractivity contribution in [1.29, 1.82) is 0 Å². The minimum atomic E-state index is -4.72. The number of carbonyl (C=O) groups excluding carboxylic acids is 2. The zero-order valence-corrected chi connectivity index (χ0v) is 18.3. The first kappa shape index (κ1) is 24.5. The highest BCUT2D eigenvalue weighted by Crippen LogP contribution is 2.30. The van der Waals surface area contributed by atoms with Gasteiger partial charge < -0.3 is 15.5 Å². The van der Waals surface area contributed by atoms with Crippen LogP contribution in [0.1, 0.15) is 61.4 Å². The minimum absolute atomic E-state index is 0.0746. The number of rotatable bonds is 6. The predicted molar refractivity (Wildman–Crippen MR) is 112 cm³/mol. The van der Waals surface area contributed by atoms with Gasteiger partial charge in [0, 0.05) is 31.2 Å². The number of hydrogen-bond donors (Lipinski definition) is 2. The Morgan fingerprint density at radius 2 is 1.69 bits per heavy atom. The maximum Gasteiger partial charge on any atom is 0.416 e. The van der Waals surface area contributed by atoms with Crippen molar-refractivity contribution < 1.29 is 27.2 Å². The van der Waals surface area contributed by atoms with Crippen LogP contribution in [0.5, 0.6) is 0 Å². The van der Waals surface area contributed by atoms with Crippen molar-refractivity contribution in [1.82, 2.24) is 15.5 Å². The number of hydrogen-bond acceptors (Lipinski definition) is 3. The molecule has 0 radical (unpaired) electrons. The lowest BCUT2D eigenvalue weighted by Crippen LogP contribution is -2.46. The van der Waals surface area contributed by atoms with Gasteiger partial charge in [0.1, 0.15) is 5.82 Å². The van der Waals surface area contributed by atoms with Gasteiger partial charge in [-0.05, 0) is 68.6 Å². The number of nitrogens with zero attached hydrogens (tertiary/aromatic N) is 1. The van der Waals surface area contributed by atoms with E-state index in [0.29, 0.717) is 50.7 Å². The number of halogens is 4. The zero-order valence-electron chi connectivity index (χ0n) is 18.3. The van der Waals surface area contributed by atoms with E-state index in [1.807, 2.05) is 4.90 Å². The van der Waals surface area contributed by atoms with Gasteiger partial charge in [-0.3, -0.25) is 9.59 Å². The fraction of sp³-hybridized carbons (Fsp3) is 0.652. The van der Waals surface area contributed by atoms with Crippen LogP contribution in [-0.4, -0.2) is 48.9 Å². The van der Waals surface area contributed by atoms with Gasteiger partial charge in [0.2, 0.25) is 5.91 Å². The number of amides is 2. The molecule has 2 fully saturated rings. The molecule has 1 aliphatic heterocycles. The molecule has 1 aromatic rings. The Bertz CT molecular complexity index is 799. The molecule has 0 spiro atoms. The number of carbonyl (C=O) groups is 2. The van der Waals surface area contributed by atoms with Crippen molar-refractivity contribution in [2.24, 2.45) is 11.8 Å². The summed E-state index contributed by atoms with van der Waals surface area (Å²) < 4.78 is 52.0. The number of nitrogens with one attached hydrogen (secondary N) is 2. The van der Waals surface area contributed by atoms with E-state index in [0.717, 1.165) is 24.8 Å². The number of likely N-dealkylation sites (tertiary alicyclic amines) is 1. The lowest BCUT2D eigenvalue weighted by molar-refractivity contribution is -0.137. The molecular weight excluding hydrogens is 426 g/mol. The maximum absolute atomic E-state index is 13.5. The molecule has 1 heterocycles. The summed E-state index contributed by atoms with van der Waals surface area (Å²) in [6.45, 7) is 4.03. The summed E-state index contributed by atoms with van der Waals surface area (Å²) in [5.74, 6) is -0.888. The van der Waals surface area contributed by atoms with Gasteiger partial charge in [0.05, 0.1) is 12.1 Å². The lowest BCUT2D eigenvalue weighted by Gasteiger charge is -2.33. The van der Waals surface area contributed by atoms with Gasteiger partial charge in [0.15, 0.2) is 0 Å². The summed E-state index contributed by atoms with van der Waals surface area (Å²) in [5.41, 5.74) is -1.54. The van der Waals surface area contributed by atoms with E-state index in [9.17, 15) is 27.2 Å². The molecule has 2 amide bonds. The van der Waals surface area contributed by atoms with Crippen LogP contribution < -0.4 is 10.6 Å². The number of piperidine rings is 1. The molecule has 5 nitrogen and oxygen atoms in total. The number of alkyl halides is 3. The molecule has 1 aromatic carbocycles. The van der Waals surface area contributed by atoms with Crippen molar-refractivity contribution in [3.63, 3.8) is 0 Å². The predicted octanol–water partition coefficient (Wildman–Crippen LogP) is 3.98. The molecule has 0 unspecified atom stereocenters. The third kappa shape index (κ3) is 6.92. The first-order valence-electron chi connectivity index (χ1n) is 11.3. The van der Waals surface area contributed by atoms with Crippen LogP contribution in [0, 0.1) is 17.7 Å². The van der Waals surface area contributed by atoms with Gasteiger partial charge in [-0.15, -0.1) is 0 Å². The summed E-state index contributed by atoms with van der Waals surface area (Å²) in [4.78, 5) is 26.5. The van der Waals surface area contributed by atoms with E-state index in [2.05, 4.69) is 17.6 Å². The van der Waals surface area contributed by atoms with Gasteiger partial charge in [-0.2, -0.15) is 13.2 Å². The Morgan fingerprint density at radius 1 is 1.03 bits per heavy atom. The molecule has 1 saturated carbocycles. The summed E-state index contributed by atoms with van der Waals surface area (Å²) >= 11 is 0. The number of benzene rings is 1. The second kappa shape index (κ2) is 10.6. The molecule has 0 bridgehead atoms. The monoisotopic (exact) mass is 457 g/mol. The third-order valence-corrected chi connectivity index (χ3v) is 6.56. The SMILES string of the molecule is C[C@H]1CC[C@H](NCC(=O)N2CCC(CNC(=O)c3cc(F)cc(C(F)(F)F)c3)CC2)CC1. The molecular formula is C23H31F4N3O2. The van der Waals surface area contributed by atoms with E-state index in [1.165, 1.54) is 12.8 Å². The molecule has 1 saturated heterocycles. The Hall–Kier alpha value is -2.16. The Labute approximate surface area is 185 Å². The van der Waals surface area contributed by atoms with Crippen molar-refractivity contribution in [2.45, 2.75) is 57.7 Å². The normalized spacial score (nSPS) is 22.6. The molecule has 32 heavy (non-hydrogen) atoms. The average molecular weight is 458 g/mol. The van der Waals surface area contributed by atoms with Crippen LogP contribution >= 0.6 is 0 Å². The summed E-state index contributed by atoms with van der Waals surface area (Å²) in [5, 5.41) is 5.97. The van der Waals surface area contributed by atoms with Crippen LogP contribution in [-0.2, 0) is 11.0 Å². The van der Waals surface area contributed by atoms with Crippen molar-refractivity contribution >= 4 is 11.8 Å². The van der Waals surface area contributed by atoms with Crippen LogP contribution in [0.15, 0.2) is 18.2 Å². The highest BCUT2D eigenvalue weighted by Gasteiger charge is 2.32. The zero-order chi connectivity index (χ0) is 23.3. The highest BCUT2D eigenvalue weighted by atomic mass is 19.4. The first-order valence-corrected chi connectivity index (χ1v) is 11.3. The second-order valence-electron chi connectivity index (χ2n) is 9.10. The topological polar surface area (TPSA) is 61.4 Å². The van der Waals surface area contributed by atoms with Crippen molar-refractivity contribution in [3.05, 3.63) is 35.1 Å². The van der Waals surface area contributed by atoms with E-state index < -0.39 is 23.5 Å². The van der Waals surface area contributed by atoms with Crippen molar-refractivity contribution in [2.75, 3.05) is 26.2 Å². The fourth-order valence-electron chi connectivity index (χ4n) is 4.42. The molecule has 3 rings (SSSR count). The van der Waals surface area contributed by atoms with Crippen molar-refractivity contribution in [3.8, 4) is 0 Å². The summed E-state index contributed by atoms with van der Waals surface area (Å²) in [6, 6.07) is 2.22. The van der Waals surface area contributed by atoms with E-state index >= 15 is 0 Å². The summed E-state index contributed by atoms with van der Waals surface area (Å²) in [7, 11) is 0. The molecule has 9 heteroatoms. The van der Waals surface area contributed by atoms with Gasteiger partial charge in [-0.25, -0.2) is 4.39 Å². The van der Waals surface area contributed by atoms with E-state index in [1.54, 1.807) is 0 Å². The van der Waals surface area contributed by atoms with E-state index in [-0.39, 0.29) is 23.9 Å². The fourth-order valence-corrected chi connectivity index (χ4v) is 4.42. The Balaban J connectivity index is 1.40. The van der Waals surface area contributed by atoms with Crippen LogP contribution in [0.3, 0.4) is 0 Å². The van der Waals surface area contributed by atoms with Gasteiger partial charge >= 0.3 is 6.18 Å². The Morgan fingerprint density at radius 3 is 2.31 bits per heavy atom. The maximum atomic E-state index is 13.5. The highest BCUT2D eigenvalue weighted by molar-refractivity contribution is 5.94. The first-order chi connectivity index (χ1) is 15.1. The standard InChI is InChI=1S/C23H31F4N3O2/c1-15-2-4-20(5-3-15)28-14-21(31)30-8-6-16(7-9-30)13-29-22(32)17-10-18(23(25,26)27)12-19(24)11-17/h10-12,15-16,20,28H,2-9,13-14H2,1H3,(H,29,32)/t15-,20-. The average Bonchev–Trinajstić information content (AvgIpc) is 2.76. The molecule has 1 aliphatic carbocycles. The molecule has 0 aromatic heterocycles. The van der Waals surface area contributed by atoms with Gasteiger partial charge in [0.25, 0.3) is 5.91 Å². The van der Waals surface area contributed by atoms with Crippen LogP contribution in [0.25, 0.3) is 0 Å². The largest absolute Gasteiger partial charge is 0.416 e. The van der Waals surface area contributed by atoms with Gasteiger partial charge in [-0.1, -0.05) is 6.92 Å². The quantitative estimate of drug-likeness (QED) is 0.636. The smallest absolute Gasteiger partial charge is 0.352 e. The Kier molecular flexibility index (Phi) is 8.14. The second-order valence-corrected chi connectivity index (χ2v) is 9.10. The molecule has 2 N–H and O–H groups in total. The third-order valence-electron chi connectivity index (χ3n) is 6.56. The minimum Gasteiger partial charge on any atom is -0.352 e. The molecule has 178 valence electrons.